The van der Waals surface area contributed by atoms with Crippen molar-refractivity contribution in [2.45, 2.75) is 31.7 Å². The van der Waals surface area contributed by atoms with Gasteiger partial charge in [0.1, 0.15) is 10.9 Å². The van der Waals surface area contributed by atoms with Gasteiger partial charge in [-0.15, -0.1) is 0 Å². The molecule has 1 N–H and O–H groups in total. The predicted molar refractivity (Wildman–Crippen MR) is 113 cm³/mol. The van der Waals surface area contributed by atoms with Crippen molar-refractivity contribution in [2.24, 2.45) is 0 Å². The number of Topliss-reactive ketones (excluding diaryl/α,β-unsaturated/α-hetero) is 1. The molecule has 3 aromatic rings. The van der Waals surface area contributed by atoms with E-state index in [0.717, 1.165) is 34.3 Å². The van der Waals surface area contributed by atoms with Gasteiger partial charge in [0.25, 0.3) is 0 Å². The number of carbonyl (C=O) groups is 2. The first kappa shape index (κ1) is 20.0. The van der Waals surface area contributed by atoms with Crippen molar-refractivity contribution < 1.29 is 9.59 Å². The molecule has 0 fully saturated rings. The molecule has 0 saturated carbocycles. The summed E-state index contributed by atoms with van der Waals surface area (Å²) in [5.41, 5.74) is 2.76. The topological polar surface area (TPSA) is 72.0 Å². The molecule has 0 bridgehead atoms. The fourth-order valence-electron chi connectivity index (χ4n) is 2.90. The number of hydrogen-bond donors (Lipinski definition) is 1. The minimum atomic E-state index is -0.00916. The quantitative estimate of drug-likeness (QED) is 0.271. The van der Waals surface area contributed by atoms with E-state index in [1.54, 1.807) is 0 Å². The smallest absolute Gasteiger partial charge is 0.216 e. The molecule has 0 spiro atoms. The van der Waals surface area contributed by atoms with Gasteiger partial charge in [-0.1, -0.05) is 54.2 Å². The van der Waals surface area contributed by atoms with Crippen LogP contribution in [0.25, 0.3) is 10.9 Å². The van der Waals surface area contributed by atoms with E-state index in [2.05, 4.69) is 15.3 Å². The van der Waals surface area contributed by atoms with E-state index in [1.165, 1.54) is 18.7 Å². The molecule has 2 aromatic carbocycles. The monoisotopic (exact) mass is 393 g/mol. The van der Waals surface area contributed by atoms with Crippen molar-refractivity contribution in [3.8, 4) is 0 Å². The average Bonchev–Trinajstić information content (AvgIpc) is 2.69. The lowest BCUT2D eigenvalue weighted by Crippen LogP contribution is -2.21. The maximum atomic E-state index is 12.6. The first-order valence-corrected chi connectivity index (χ1v) is 10.2. The molecule has 1 amide bonds. The third-order valence-corrected chi connectivity index (χ3v) is 5.30. The number of nitrogens with zero attached hydrogens (tertiary/aromatic N) is 2. The van der Waals surface area contributed by atoms with E-state index >= 15 is 0 Å². The van der Waals surface area contributed by atoms with Crippen molar-refractivity contribution in [2.75, 3.05) is 12.3 Å². The van der Waals surface area contributed by atoms with Gasteiger partial charge >= 0.3 is 0 Å². The Labute approximate surface area is 169 Å². The van der Waals surface area contributed by atoms with Crippen molar-refractivity contribution in [3.63, 3.8) is 0 Å². The number of aromatic nitrogens is 2. The molecule has 144 valence electrons. The van der Waals surface area contributed by atoms with E-state index in [0.29, 0.717) is 23.7 Å². The molecule has 0 unspecified atom stereocenters. The Hall–Kier alpha value is -2.73. The molecule has 0 atom stereocenters. The Morgan fingerprint density at radius 1 is 1.04 bits per heavy atom. The van der Waals surface area contributed by atoms with Crippen LogP contribution >= 0.6 is 11.8 Å². The largest absolute Gasteiger partial charge is 0.356 e. The van der Waals surface area contributed by atoms with Gasteiger partial charge in [-0.2, -0.15) is 0 Å². The standard InChI is InChI=1S/C22H23N3O2S/c1-15-24-20-8-4-3-7-19(20)22(25-15)28-14-21(27)18-11-9-17(10-12-18)6-5-13-23-16(2)26/h3-4,7-12H,5-6,13-14H2,1-2H3,(H,23,26). The van der Waals surface area contributed by atoms with Gasteiger partial charge in [0, 0.05) is 24.4 Å². The molecular weight excluding hydrogens is 370 g/mol. The van der Waals surface area contributed by atoms with Crippen molar-refractivity contribution in [1.82, 2.24) is 15.3 Å². The fraction of sp³-hybridized carbons (Fsp3) is 0.273. The van der Waals surface area contributed by atoms with Crippen LogP contribution in [0.15, 0.2) is 53.6 Å². The summed E-state index contributed by atoms with van der Waals surface area (Å²) in [4.78, 5) is 32.4. The van der Waals surface area contributed by atoms with E-state index < -0.39 is 0 Å². The lowest BCUT2D eigenvalue weighted by molar-refractivity contribution is -0.118. The van der Waals surface area contributed by atoms with Gasteiger partial charge in [0.05, 0.1) is 11.3 Å². The van der Waals surface area contributed by atoms with Crippen LogP contribution in [-0.4, -0.2) is 34.0 Å². The molecular formula is C22H23N3O2S. The van der Waals surface area contributed by atoms with Gasteiger partial charge in [-0.3, -0.25) is 9.59 Å². The number of para-hydroxylation sites is 1. The minimum absolute atomic E-state index is 0.00916. The van der Waals surface area contributed by atoms with Crippen LogP contribution in [0.1, 0.15) is 35.1 Å². The first-order chi connectivity index (χ1) is 13.5. The summed E-state index contributed by atoms with van der Waals surface area (Å²) >= 11 is 1.45. The fourth-order valence-corrected chi connectivity index (χ4v) is 3.86. The summed E-state index contributed by atoms with van der Waals surface area (Å²) in [7, 11) is 0. The number of amides is 1. The maximum Gasteiger partial charge on any atom is 0.216 e. The van der Waals surface area contributed by atoms with Crippen LogP contribution in [0.2, 0.25) is 0 Å². The highest BCUT2D eigenvalue weighted by molar-refractivity contribution is 8.00. The first-order valence-electron chi connectivity index (χ1n) is 9.25. The zero-order valence-electron chi connectivity index (χ0n) is 16.1. The number of rotatable bonds is 8. The van der Waals surface area contributed by atoms with Gasteiger partial charge in [-0.05, 0) is 31.4 Å². The van der Waals surface area contributed by atoms with Crippen LogP contribution in [0.3, 0.4) is 0 Å². The molecule has 0 aliphatic rings. The zero-order chi connectivity index (χ0) is 19.9. The Kier molecular flexibility index (Phi) is 6.76. The molecule has 0 radical (unpaired) electrons. The minimum Gasteiger partial charge on any atom is -0.356 e. The van der Waals surface area contributed by atoms with Gasteiger partial charge < -0.3 is 5.32 Å². The summed E-state index contributed by atoms with van der Waals surface area (Å²) in [6.45, 7) is 4.05. The third-order valence-electron chi connectivity index (χ3n) is 4.31. The summed E-state index contributed by atoms with van der Waals surface area (Å²) in [5.74, 6) is 1.11. The summed E-state index contributed by atoms with van der Waals surface area (Å²) in [6, 6.07) is 15.6. The van der Waals surface area contributed by atoms with Crippen LogP contribution in [0.5, 0.6) is 0 Å². The molecule has 6 heteroatoms. The number of benzene rings is 2. The van der Waals surface area contributed by atoms with Crippen LogP contribution in [0.4, 0.5) is 0 Å². The number of thioether (sulfide) groups is 1. The Morgan fingerprint density at radius 2 is 1.79 bits per heavy atom. The second-order valence-electron chi connectivity index (χ2n) is 6.59. The van der Waals surface area contributed by atoms with Gasteiger partial charge in [0.2, 0.25) is 5.91 Å². The van der Waals surface area contributed by atoms with E-state index in [9.17, 15) is 9.59 Å². The summed E-state index contributed by atoms with van der Waals surface area (Å²) in [5, 5.41) is 4.60. The highest BCUT2D eigenvalue weighted by atomic mass is 32.2. The zero-order valence-corrected chi connectivity index (χ0v) is 16.9. The molecule has 3 rings (SSSR count). The van der Waals surface area contributed by atoms with Crippen molar-refractivity contribution >= 4 is 34.4 Å². The number of hydrogen-bond acceptors (Lipinski definition) is 5. The Balaban J connectivity index is 1.59. The maximum absolute atomic E-state index is 12.6. The predicted octanol–water partition coefficient (Wildman–Crippen LogP) is 3.98. The van der Waals surface area contributed by atoms with Crippen LogP contribution < -0.4 is 5.32 Å². The van der Waals surface area contributed by atoms with Crippen LogP contribution in [-0.2, 0) is 11.2 Å². The number of carbonyl (C=O) groups excluding carboxylic acids is 2. The Morgan fingerprint density at radius 3 is 2.54 bits per heavy atom. The van der Waals surface area contributed by atoms with E-state index in [1.807, 2.05) is 55.5 Å². The highest BCUT2D eigenvalue weighted by Crippen LogP contribution is 2.25. The average molecular weight is 394 g/mol. The Bertz CT molecular complexity index is 987. The SMILES string of the molecule is CC(=O)NCCCc1ccc(C(=O)CSc2nc(C)nc3ccccc23)cc1. The normalized spacial score (nSPS) is 10.8. The molecule has 0 aliphatic heterocycles. The van der Waals surface area contributed by atoms with Crippen molar-refractivity contribution in [3.05, 3.63) is 65.5 Å². The second-order valence-corrected chi connectivity index (χ2v) is 7.55. The molecule has 1 heterocycles. The number of nitrogens with one attached hydrogen (secondary N) is 1. The summed E-state index contributed by atoms with van der Waals surface area (Å²) < 4.78 is 0. The molecule has 0 saturated heterocycles. The van der Waals surface area contributed by atoms with Gasteiger partial charge in [-0.25, -0.2) is 9.97 Å². The number of fused-ring (bicyclic) bond motifs is 1. The molecule has 5 nitrogen and oxygen atoms in total. The number of ketones is 1. The second kappa shape index (κ2) is 9.46. The van der Waals surface area contributed by atoms with Crippen molar-refractivity contribution in [1.29, 1.82) is 0 Å². The number of aryl methyl sites for hydroxylation is 2. The summed E-state index contributed by atoms with van der Waals surface area (Å²) in [6.07, 6.45) is 1.75. The molecule has 28 heavy (non-hydrogen) atoms. The third kappa shape index (κ3) is 5.39. The molecule has 1 aromatic heterocycles. The van der Waals surface area contributed by atoms with Crippen LogP contribution in [0, 0.1) is 6.92 Å². The van der Waals surface area contributed by atoms with Gasteiger partial charge in [0.15, 0.2) is 5.78 Å². The molecule has 0 aliphatic carbocycles. The highest BCUT2D eigenvalue weighted by Gasteiger charge is 2.11. The van der Waals surface area contributed by atoms with E-state index in [-0.39, 0.29) is 11.7 Å². The lowest BCUT2D eigenvalue weighted by Gasteiger charge is -2.07. The van der Waals surface area contributed by atoms with E-state index in [4.69, 9.17) is 0 Å². The lowest BCUT2D eigenvalue weighted by atomic mass is 10.1.